The lowest BCUT2D eigenvalue weighted by molar-refractivity contribution is 0.0955. The van der Waals surface area contributed by atoms with Gasteiger partial charge in [-0.05, 0) is 6.92 Å². The van der Waals surface area contributed by atoms with Crippen molar-refractivity contribution < 1.29 is 4.79 Å². The molecule has 0 saturated heterocycles. The molecule has 1 amide bonds. The Morgan fingerprint density at radius 1 is 1.42 bits per heavy atom. The van der Waals surface area contributed by atoms with Gasteiger partial charge in [0.25, 0.3) is 5.91 Å². The summed E-state index contributed by atoms with van der Waals surface area (Å²) in [5.41, 5.74) is 7.20. The van der Waals surface area contributed by atoms with Crippen LogP contribution in [0.2, 0.25) is 0 Å². The zero-order chi connectivity index (χ0) is 13.8. The first-order valence-corrected chi connectivity index (χ1v) is 6.41. The SMILES string of the molecule is CNc1nc(N)c(C(=O)NCc2cnc(C)cn2)s1. The van der Waals surface area contributed by atoms with Crippen molar-refractivity contribution in [3.63, 3.8) is 0 Å². The van der Waals surface area contributed by atoms with Crippen molar-refractivity contribution in [1.82, 2.24) is 20.3 Å². The lowest BCUT2D eigenvalue weighted by atomic mass is 10.4. The molecule has 0 spiro atoms. The molecule has 8 heteroatoms. The first-order chi connectivity index (χ1) is 9.10. The second-order valence-electron chi connectivity index (χ2n) is 3.82. The quantitative estimate of drug-likeness (QED) is 0.763. The largest absolute Gasteiger partial charge is 0.382 e. The van der Waals surface area contributed by atoms with Gasteiger partial charge < -0.3 is 16.4 Å². The van der Waals surface area contributed by atoms with E-state index in [1.165, 1.54) is 11.3 Å². The van der Waals surface area contributed by atoms with Gasteiger partial charge >= 0.3 is 0 Å². The van der Waals surface area contributed by atoms with Gasteiger partial charge in [0.05, 0.1) is 24.1 Å². The van der Waals surface area contributed by atoms with E-state index in [0.717, 1.165) is 5.69 Å². The average Bonchev–Trinajstić information content (AvgIpc) is 2.79. The summed E-state index contributed by atoms with van der Waals surface area (Å²) in [6.07, 6.45) is 3.28. The molecular formula is C11H14N6OS. The lowest BCUT2D eigenvalue weighted by Gasteiger charge is -2.03. The van der Waals surface area contributed by atoms with Gasteiger partial charge in [0.15, 0.2) is 5.13 Å². The van der Waals surface area contributed by atoms with E-state index in [4.69, 9.17) is 5.73 Å². The molecule has 0 bridgehead atoms. The monoisotopic (exact) mass is 278 g/mol. The van der Waals surface area contributed by atoms with Gasteiger partial charge in [0, 0.05) is 13.2 Å². The van der Waals surface area contributed by atoms with Crippen LogP contribution in [0.1, 0.15) is 21.1 Å². The number of carbonyl (C=O) groups is 1. The van der Waals surface area contributed by atoms with Crippen molar-refractivity contribution >= 4 is 28.2 Å². The number of aromatic nitrogens is 3. The molecule has 0 aliphatic rings. The summed E-state index contributed by atoms with van der Waals surface area (Å²) < 4.78 is 0. The summed E-state index contributed by atoms with van der Waals surface area (Å²) in [7, 11) is 1.72. The van der Waals surface area contributed by atoms with E-state index in [1.807, 2.05) is 6.92 Å². The third-order valence-electron chi connectivity index (χ3n) is 2.34. The summed E-state index contributed by atoms with van der Waals surface area (Å²) in [6.45, 7) is 2.16. The number of aryl methyl sites for hydroxylation is 1. The van der Waals surface area contributed by atoms with Gasteiger partial charge in [-0.2, -0.15) is 0 Å². The van der Waals surface area contributed by atoms with Crippen molar-refractivity contribution in [3.05, 3.63) is 28.7 Å². The number of anilines is 2. The summed E-state index contributed by atoms with van der Waals surface area (Å²) in [6, 6.07) is 0. The van der Waals surface area contributed by atoms with E-state index in [9.17, 15) is 4.79 Å². The topological polar surface area (TPSA) is 106 Å². The number of nitrogen functional groups attached to an aromatic ring is 1. The molecule has 0 aliphatic carbocycles. The molecule has 0 atom stereocenters. The van der Waals surface area contributed by atoms with Gasteiger partial charge in [-0.25, -0.2) is 4.98 Å². The lowest BCUT2D eigenvalue weighted by Crippen LogP contribution is -2.23. The number of nitrogens with zero attached hydrogens (tertiary/aromatic N) is 3. The molecule has 0 fully saturated rings. The zero-order valence-electron chi connectivity index (χ0n) is 10.6. The van der Waals surface area contributed by atoms with Crippen LogP contribution in [0.5, 0.6) is 0 Å². The molecule has 0 saturated carbocycles. The number of nitrogens with one attached hydrogen (secondary N) is 2. The fraction of sp³-hybridized carbons (Fsp3) is 0.273. The highest BCUT2D eigenvalue weighted by molar-refractivity contribution is 7.18. The molecule has 0 radical (unpaired) electrons. The van der Waals surface area contributed by atoms with Crippen LogP contribution in [-0.4, -0.2) is 27.9 Å². The Morgan fingerprint density at radius 3 is 2.79 bits per heavy atom. The number of hydrogen-bond acceptors (Lipinski definition) is 7. The third-order valence-corrected chi connectivity index (χ3v) is 3.43. The van der Waals surface area contributed by atoms with Gasteiger partial charge in [0.2, 0.25) is 0 Å². The Morgan fingerprint density at radius 2 is 2.21 bits per heavy atom. The first-order valence-electron chi connectivity index (χ1n) is 5.60. The second-order valence-corrected chi connectivity index (χ2v) is 4.81. The highest BCUT2D eigenvalue weighted by Gasteiger charge is 2.15. The molecule has 2 rings (SSSR count). The zero-order valence-corrected chi connectivity index (χ0v) is 11.4. The van der Waals surface area contributed by atoms with Crippen LogP contribution in [-0.2, 0) is 6.54 Å². The van der Waals surface area contributed by atoms with Crippen LogP contribution in [0, 0.1) is 6.92 Å². The van der Waals surface area contributed by atoms with Crippen molar-refractivity contribution in [1.29, 1.82) is 0 Å². The number of nitrogens with two attached hydrogens (primary N) is 1. The fourth-order valence-electron chi connectivity index (χ4n) is 1.36. The molecule has 7 nitrogen and oxygen atoms in total. The van der Waals surface area contributed by atoms with E-state index < -0.39 is 0 Å². The van der Waals surface area contributed by atoms with Crippen LogP contribution < -0.4 is 16.4 Å². The summed E-state index contributed by atoms with van der Waals surface area (Å²) in [5, 5.41) is 6.19. The summed E-state index contributed by atoms with van der Waals surface area (Å²) >= 11 is 1.21. The van der Waals surface area contributed by atoms with Crippen LogP contribution in [0.15, 0.2) is 12.4 Å². The predicted octanol–water partition coefficient (Wildman–Crippen LogP) is 0.795. The average molecular weight is 278 g/mol. The second kappa shape index (κ2) is 5.61. The Bertz CT molecular complexity index is 579. The minimum Gasteiger partial charge on any atom is -0.382 e. The van der Waals surface area contributed by atoms with Gasteiger partial charge in [0.1, 0.15) is 10.7 Å². The molecule has 2 aromatic heterocycles. The Labute approximate surface area is 114 Å². The molecule has 0 aliphatic heterocycles. The minimum atomic E-state index is -0.265. The van der Waals surface area contributed by atoms with Crippen LogP contribution in [0.3, 0.4) is 0 Å². The molecule has 19 heavy (non-hydrogen) atoms. The number of amides is 1. The normalized spacial score (nSPS) is 10.2. The number of thiazole rings is 1. The van der Waals surface area contributed by atoms with E-state index in [1.54, 1.807) is 19.4 Å². The van der Waals surface area contributed by atoms with Gasteiger partial charge in [-0.15, -0.1) is 0 Å². The Balaban J connectivity index is 2.01. The van der Waals surface area contributed by atoms with Crippen LogP contribution in [0.25, 0.3) is 0 Å². The third kappa shape index (κ3) is 3.16. The van der Waals surface area contributed by atoms with Crippen molar-refractivity contribution in [2.75, 3.05) is 18.1 Å². The Hall–Kier alpha value is -2.22. The summed E-state index contributed by atoms with van der Waals surface area (Å²) in [4.78, 5) is 24.6. The fourth-order valence-corrected chi connectivity index (χ4v) is 2.12. The number of rotatable bonds is 4. The first kappa shape index (κ1) is 13.2. The van der Waals surface area contributed by atoms with E-state index in [-0.39, 0.29) is 11.7 Å². The highest BCUT2D eigenvalue weighted by atomic mass is 32.1. The van der Waals surface area contributed by atoms with E-state index >= 15 is 0 Å². The van der Waals surface area contributed by atoms with Crippen LogP contribution in [0.4, 0.5) is 10.9 Å². The molecule has 2 aromatic rings. The molecule has 4 N–H and O–H groups in total. The molecule has 0 aromatic carbocycles. The molecule has 100 valence electrons. The van der Waals surface area contributed by atoms with Crippen LogP contribution >= 0.6 is 11.3 Å². The molecule has 2 heterocycles. The maximum atomic E-state index is 11.9. The maximum absolute atomic E-state index is 11.9. The Kier molecular flexibility index (Phi) is 3.91. The number of carbonyl (C=O) groups excluding carboxylic acids is 1. The smallest absolute Gasteiger partial charge is 0.265 e. The van der Waals surface area contributed by atoms with Crippen molar-refractivity contribution in [2.24, 2.45) is 0 Å². The van der Waals surface area contributed by atoms with Gasteiger partial charge in [-0.1, -0.05) is 11.3 Å². The van der Waals surface area contributed by atoms with Crippen molar-refractivity contribution in [2.45, 2.75) is 13.5 Å². The molecular weight excluding hydrogens is 264 g/mol. The summed E-state index contributed by atoms with van der Waals surface area (Å²) in [5.74, 6) is -0.0410. The molecule has 0 unspecified atom stereocenters. The van der Waals surface area contributed by atoms with E-state index in [2.05, 4.69) is 25.6 Å². The minimum absolute atomic E-state index is 0.224. The van der Waals surface area contributed by atoms with Gasteiger partial charge in [-0.3, -0.25) is 14.8 Å². The number of hydrogen-bond donors (Lipinski definition) is 3. The highest BCUT2D eigenvalue weighted by Crippen LogP contribution is 2.24. The predicted molar refractivity (Wildman–Crippen MR) is 74.0 cm³/mol. The van der Waals surface area contributed by atoms with E-state index in [0.29, 0.717) is 22.2 Å². The van der Waals surface area contributed by atoms with Crippen molar-refractivity contribution in [3.8, 4) is 0 Å². The standard InChI is InChI=1S/C11H14N6OS/c1-6-3-15-7(4-14-6)5-16-10(18)8-9(12)17-11(13-2)19-8/h3-4H,5,12H2,1-2H3,(H,13,17)(H,16,18). The maximum Gasteiger partial charge on any atom is 0.265 e.